The lowest BCUT2D eigenvalue weighted by molar-refractivity contribution is 0.0883. The Balaban J connectivity index is 2.01. The zero-order valence-corrected chi connectivity index (χ0v) is 11.4. The molecule has 0 atom stereocenters. The van der Waals surface area contributed by atoms with Gasteiger partial charge in [-0.15, -0.1) is 0 Å². The molecule has 0 spiro atoms. The lowest BCUT2D eigenvalue weighted by Crippen LogP contribution is -2.52. The van der Waals surface area contributed by atoms with Crippen LogP contribution in [0, 0.1) is 11.3 Å². The van der Waals surface area contributed by atoms with E-state index in [9.17, 15) is 10.1 Å². The van der Waals surface area contributed by atoms with Gasteiger partial charge in [-0.05, 0) is 31.4 Å². The Morgan fingerprint density at radius 1 is 1.40 bits per heavy atom. The Labute approximate surface area is 121 Å². The second-order valence-corrected chi connectivity index (χ2v) is 5.40. The average Bonchev–Trinajstić information content (AvgIpc) is 2.41. The molecule has 100 valence electrons. The number of pyridine rings is 1. The third-order valence-corrected chi connectivity index (χ3v) is 3.90. The van der Waals surface area contributed by atoms with Gasteiger partial charge in [0.15, 0.2) is 0 Å². The molecule has 3 rings (SSSR count). The first-order valence-electron chi connectivity index (χ1n) is 6.43. The van der Waals surface area contributed by atoms with Crippen molar-refractivity contribution >= 4 is 28.4 Å². The summed E-state index contributed by atoms with van der Waals surface area (Å²) < 4.78 is 0. The topological polar surface area (TPSA) is 65.8 Å². The van der Waals surface area contributed by atoms with Crippen molar-refractivity contribution in [2.75, 3.05) is 0 Å². The fraction of sp³-hybridized carbons (Fsp3) is 0.267. The number of halogens is 1. The summed E-state index contributed by atoms with van der Waals surface area (Å²) in [4.78, 5) is 16.6. The molecule has 4 nitrogen and oxygen atoms in total. The normalized spacial score (nSPS) is 16.2. The van der Waals surface area contributed by atoms with Crippen LogP contribution in [0.3, 0.4) is 0 Å². The highest BCUT2D eigenvalue weighted by Crippen LogP contribution is 2.32. The second kappa shape index (κ2) is 4.77. The van der Waals surface area contributed by atoms with Crippen LogP contribution in [0.1, 0.15) is 29.6 Å². The molecule has 1 amide bonds. The summed E-state index contributed by atoms with van der Waals surface area (Å²) in [6.07, 6.45) is 2.36. The molecule has 1 aliphatic carbocycles. The minimum atomic E-state index is -0.714. The minimum absolute atomic E-state index is 0.272. The highest BCUT2D eigenvalue weighted by molar-refractivity contribution is 6.30. The van der Waals surface area contributed by atoms with Crippen LogP contribution in [0.4, 0.5) is 0 Å². The molecule has 0 unspecified atom stereocenters. The van der Waals surface area contributed by atoms with E-state index in [1.165, 1.54) is 0 Å². The predicted octanol–water partition coefficient (Wildman–Crippen LogP) is 3.06. The number of para-hydroxylation sites is 1. The molecule has 2 aromatic rings. The van der Waals surface area contributed by atoms with Crippen LogP contribution in [-0.4, -0.2) is 16.4 Å². The van der Waals surface area contributed by atoms with Crippen LogP contribution in [0.15, 0.2) is 30.3 Å². The first-order chi connectivity index (χ1) is 9.63. The maximum absolute atomic E-state index is 12.4. The molecule has 1 saturated carbocycles. The van der Waals surface area contributed by atoms with E-state index in [0.29, 0.717) is 23.9 Å². The number of nitriles is 1. The number of carbonyl (C=O) groups excluding carboxylic acids is 1. The Hall–Kier alpha value is -2.12. The van der Waals surface area contributed by atoms with Crippen molar-refractivity contribution in [2.45, 2.75) is 24.8 Å². The molecule has 0 saturated heterocycles. The summed E-state index contributed by atoms with van der Waals surface area (Å²) in [5, 5.41) is 13.0. The summed E-state index contributed by atoms with van der Waals surface area (Å²) >= 11 is 5.96. The molecule has 1 heterocycles. The van der Waals surface area contributed by atoms with Crippen molar-refractivity contribution in [3.63, 3.8) is 0 Å². The van der Waals surface area contributed by atoms with Crippen molar-refractivity contribution in [3.8, 4) is 6.07 Å². The molecule has 0 bridgehead atoms. The predicted molar refractivity (Wildman–Crippen MR) is 76.4 cm³/mol. The lowest BCUT2D eigenvalue weighted by atomic mass is 9.78. The Kier molecular flexibility index (Phi) is 3.07. The summed E-state index contributed by atoms with van der Waals surface area (Å²) in [6.45, 7) is 0. The highest BCUT2D eigenvalue weighted by Gasteiger charge is 2.39. The summed E-state index contributed by atoms with van der Waals surface area (Å²) in [5.74, 6) is -0.272. The van der Waals surface area contributed by atoms with Gasteiger partial charge < -0.3 is 5.32 Å². The van der Waals surface area contributed by atoms with Crippen molar-refractivity contribution in [2.24, 2.45) is 0 Å². The number of rotatable bonds is 2. The van der Waals surface area contributed by atoms with Crippen LogP contribution < -0.4 is 5.32 Å². The number of benzene rings is 1. The number of nitrogens with one attached hydrogen (secondary N) is 1. The number of hydrogen-bond donors (Lipinski definition) is 1. The van der Waals surface area contributed by atoms with Crippen LogP contribution in [0.25, 0.3) is 10.9 Å². The lowest BCUT2D eigenvalue weighted by Gasteiger charge is -2.35. The van der Waals surface area contributed by atoms with E-state index in [4.69, 9.17) is 11.6 Å². The largest absolute Gasteiger partial charge is 0.334 e. The first-order valence-corrected chi connectivity index (χ1v) is 6.80. The quantitative estimate of drug-likeness (QED) is 0.862. The van der Waals surface area contributed by atoms with Gasteiger partial charge >= 0.3 is 0 Å². The summed E-state index contributed by atoms with van der Waals surface area (Å²) in [6, 6.07) is 11.1. The zero-order chi connectivity index (χ0) is 14.2. The highest BCUT2D eigenvalue weighted by atomic mass is 35.5. The van der Waals surface area contributed by atoms with Gasteiger partial charge in [0, 0.05) is 5.39 Å². The molecular formula is C15H12ClN3O. The SMILES string of the molecule is N#CC1(NC(=O)c2cc(Cl)nc3ccccc23)CCC1. The second-order valence-electron chi connectivity index (χ2n) is 5.01. The van der Waals surface area contributed by atoms with E-state index in [-0.39, 0.29) is 11.1 Å². The molecule has 5 heteroatoms. The molecule has 0 aliphatic heterocycles. The Morgan fingerprint density at radius 3 is 2.80 bits per heavy atom. The van der Waals surface area contributed by atoms with Gasteiger partial charge in [0.25, 0.3) is 5.91 Å². The van der Waals surface area contributed by atoms with E-state index < -0.39 is 5.54 Å². The standard InChI is InChI=1S/C15H12ClN3O/c16-13-8-11(10-4-1-2-5-12(10)18-13)14(20)19-15(9-17)6-3-7-15/h1-2,4-5,8H,3,6-7H2,(H,19,20). The molecule has 20 heavy (non-hydrogen) atoms. The van der Waals surface area contributed by atoms with E-state index >= 15 is 0 Å². The number of hydrogen-bond acceptors (Lipinski definition) is 3. The van der Waals surface area contributed by atoms with Crippen molar-refractivity contribution in [1.82, 2.24) is 10.3 Å². The van der Waals surface area contributed by atoms with Gasteiger partial charge in [-0.25, -0.2) is 4.98 Å². The van der Waals surface area contributed by atoms with Gasteiger partial charge in [-0.2, -0.15) is 5.26 Å². The zero-order valence-electron chi connectivity index (χ0n) is 10.7. The van der Waals surface area contributed by atoms with Gasteiger partial charge in [0.2, 0.25) is 0 Å². The molecule has 1 aromatic carbocycles. The van der Waals surface area contributed by atoms with Crippen LogP contribution >= 0.6 is 11.6 Å². The number of fused-ring (bicyclic) bond motifs is 1. The molecule has 1 fully saturated rings. The van der Waals surface area contributed by atoms with E-state index in [1.807, 2.05) is 18.2 Å². The smallest absolute Gasteiger partial charge is 0.253 e. The molecule has 1 aliphatic rings. The van der Waals surface area contributed by atoms with Crippen LogP contribution in [0.5, 0.6) is 0 Å². The minimum Gasteiger partial charge on any atom is -0.334 e. The van der Waals surface area contributed by atoms with Crippen LogP contribution in [0.2, 0.25) is 5.15 Å². The monoisotopic (exact) mass is 285 g/mol. The van der Waals surface area contributed by atoms with E-state index in [1.54, 1.807) is 12.1 Å². The number of aromatic nitrogens is 1. The van der Waals surface area contributed by atoms with E-state index in [0.717, 1.165) is 11.8 Å². The Bertz CT molecular complexity index is 731. The third kappa shape index (κ3) is 2.10. The van der Waals surface area contributed by atoms with Crippen molar-refractivity contribution in [1.29, 1.82) is 5.26 Å². The summed E-state index contributed by atoms with van der Waals surface area (Å²) in [7, 11) is 0. The fourth-order valence-corrected chi connectivity index (χ4v) is 2.61. The van der Waals surface area contributed by atoms with E-state index in [2.05, 4.69) is 16.4 Å². The first kappa shape index (κ1) is 12.9. The third-order valence-electron chi connectivity index (χ3n) is 3.70. The average molecular weight is 286 g/mol. The number of carbonyl (C=O) groups is 1. The molecular weight excluding hydrogens is 274 g/mol. The molecule has 1 N–H and O–H groups in total. The van der Waals surface area contributed by atoms with Gasteiger partial charge in [-0.3, -0.25) is 4.79 Å². The number of amides is 1. The van der Waals surface area contributed by atoms with Gasteiger partial charge in [-0.1, -0.05) is 29.8 Å². The number of nitrogens with zero attached hydrogens (tertiary/aromatic N) is 2. The van der Waals surface area contributed by atoms with Crippen LogP contribution in [-0.2, 0) is 0 Å². The Morgan fingerprint density at radius 2 is 2.15 bits per heavy atom. The molecule has 1 aromatic heterocycles. The van der Waals surface area contributed by atoms with Gasteiger partial charge in [0.1, 0.15) is 10.7 Å². The van der Waals surface area contributed by atoms with Crippen molar-refractivity contribution in [3.05, 3.63) is 41.0 Å². The summed E-state index contributed by atoms with van der Waals surface area (Å²) in [5.41, 5.74) is 0.417. The van der Waals surface area contributed by atoms with Crippen molar-refractivity contribution < 1.29 is 4.79 Å². The fourth-order valence-electron chi connectivity index (χ4n) is 2.41. The molecule has 0 radical (unpaired) electrons. The maximum Gasteiger partial charge on any atom is 0.253 e. The maximum atomic E-state index is 12.4. The van der Waals surface area contributed by atoms with Gasteiger partial charge in [0.05, 0.1) is 17.1 Å².